The second kappa shape index (κ2) is 8.68. The van der Waals surface area contributed by atoms with Gasteiger partial charge in [0, 0.05) is 5.56 Å². The molecule has 0 amide bonds. The van der Waals surface area contributed by atoms with Gasteiger partial charge in [-0.3, -0.25) is 5.41 Å². The molecular formula is C18H25ClN2. The number of hydrogen-bond acceptors (Lipinski definition) is 1. The van der Waals surface area contributed by atoms with Crippen molar-refractivity contribution in [2.24, 2.45) is 5.73 Å². The summed E-state index contributed by atoms with van der Waals surface area (Å²) in [6, 6.07) is 12.6. The topological polar surface area (TPSA) is 49.9 Å². The van der Waals surface area contributed by atoms with Crippen LogP contribution in [0.4, 0.5) is 0 Å². The van der Waals surface area contributed by atoms with E-state index in [-0.39, 0.29) is 18.2 Å². The zero-order valence-electron chi connectivity index (χ0n) is 12.7. The molecule has 2 aromatic rings. The highest BCUT2D eigenvalue weighted by molar-refractivity contribution is 5.99. The smallest absolute Gasteiger partial charge is 0.122 e. The molecule has 2 rings (SSSR count). The van der Waals surface area contributed by atoms with Crippen molar-refractivity contribution in [3.63, 3.8) is 0 Å². The zero-order valence-corrected chi connectivity index (χ0v) is 13.5. The standard InChI is InChI=1S/C18H24N2.ClH/c1-2-3-4-5-6-7-14-8-9-16-13-17(18(19)20)11-10-15(16)12-14;/h8-13H,2-7H2,1H3,(H3,19,20);1H. The quantitative estimate of drug-likeness (QED) is 0.419. The minimum Gasteiger partial charge on any atom is -0.384 e. The maximum Gasteiger partial charge on any atom is 0.122 e. The lowest BCUT2D eigenvalue weighted by molar-refractivity contribution is 0.632. The van der Waals surface area contributed by atoms with Gasteiger partial charge < -0.3 is 5.73 Å². The van der Waals surface area contributed by atoms with E-state index in [1.165, 1.54) is 43.1 Å². The van der Waals surface area contributed by atoms with Gasteiger partial charge in [0.05, 0.1) is 0 Å². The van der Waals surface area contributed by atoms with Gasteiger partial charge in [-0.1, -0.05) is 62.9 Å². The molecule has 2 aromatic carbocycles. The summed E-state index contributed by atoms with van der Waals surface area (Å²) in [6.45, 7) is 2.25. The van der Waals surface area contributed by atoms with Gasteiger partial charge in [-0.25, -0.2) is 0 Å². The lowest BCUT2D eigenvalue weighted by Gasteiger charge is -2.06. The number of nitrogens with two attached hydrogens (primary N) is 1. The predicted octanol–water partition coefficient (Wildman–Crippen LogP) is 5.06. The van der Waals surface area contributed by atoms with Gasteiger partial charge in [0.2, 0.25) is 0 Å². The Hall–Kier alpha value is -1.54. The van der Waals surface area contributed by atoms with E-state index in [9.17, 15) is 0 Å². The first-order valence-electron chi connectivity index (χ1n) is 7.58. The molecule has 0 atom stereocenters. The lowest BCUT2D eigenvalue weighted by Crippen LogP contribution is -2.10. The van der Waals surface area contributed by atoms with Crippen molar-refractivity contribution in [3.05, 3.63) is 47.5 Å². The summed E-state index contributed by atoms with van der Waals surface area (Å²) in [7, 11) is 0. The molecule has 3 heteroatoms. The van der Waals surface area contributed by atoms with Crippen molar-refractivity contribution in [2.45, 2.75) is 45.4 Å². The first-order chi connectivity index (χ1) is 9.70. The number of rotatable bonds is 7. The Balaban J connectivity index is 0.00000220. The van der Waals surface area contributed by atoms with Crippen molar-refractivity contribution in [1.29, 1.82) is 5.41 Å². The van der Waals surface area contributed by atoms with Crippen LogP contribution in [0.1, 0.15) is 50.2 Å². The Kier molecular flexibility index (Phi) is 7.24. The van der Waals surface area contributed by atoms with Crippen molar-refractivity contribution < 1.29 is 0 Å². The third-order valence-corrected chi connectivity index (χ3v) is 3.78. The van der Waals surface area contributed by atoms with Crippen LogP contribution in [0.2, 0.25) is 0 Å². The summed E-state index contributed by atoms with van der Waals surface area (Å²) in [5.41, 5.74) is 7.73. The van der Waals surface area contributed by atoms with Gasteiger partial charge in [-0.2, -0.15) is 0 Å². The third-order valence-electron chi connectivity index (χ3n) is 3.78. The number of nitrogens with one attached hydrogen (secondary N) is 1. The molecule has 0 aliphatic carbocycles. The summed E-state index contributed by atoms with van der Waals surface area (Å²) in [5, 5.41) is 9.87. The average Bonchev–Trinajstić information content (AvgIpc) is 2.46. The first kappa shape index (κ1) is 17.5. The average molecular weight is 305 g/mol. The fourth-order valence-corrected chi connectivity index (χ4v) is 2.55. The lowest BCUT2D eigenvalue weighted by atomic mass is 10.0. The molecule has 0 radical (unpaired) electrons. The normalized spacial score (nSPS) is 10.3. The second-order valence-electron chi connectivity index (χ2n) is 5.47. The Morgan fingerprint density at radius 2 is 1.62 bits per heavy atom. The highest BCUT2D eigenvalue weighted by Crippen LogP contribution is 2.19. The van der Waals surface area contributed by atoms with Crippen LogP contribution in [0, 0.1) is 5.41 Å². The summed E-state index contributed by atoms with van der Waals surface area (Å²) < 4.78 is 0. The van der Waals surface area contributed by atoms with E-state index >= 15 is 0 Å². The van der Waals surface area contributed by atoms with Crippen LogP contribution in [0.3, 0.4) is 0 Å². The molecule has 21 heavy (non-hydrogen) atoms. The monoisotopic (exact) mass is 304 g/mol. The molecule has 0 aliphatic rings. The van der Waals surface area contributed by atoms with Crippen molar-refractivity contribution in [1.82, 2.24) is 0 Å². The Labute approximate surface area is 133 Å². The fraction of sp³-hybridized carbons (Fsp3) is 0.389. The third kappa shape index (κ3) is 5.05. The molecule has 0 aliphatic heterocycles. The minimum atomic E-state index is 0. The number of fused-ring (bicyclic) bond motifs is 1. The van der Waals surface area contributed by atoms with Crippen LogP contribution in [0.5, 0.6) is 0 Å². The highest BCUT2D eigenvalue weighted by atomic mass is 35.5. The molecule has 2 nitrogen and oxygen atoms in total. The Morgan fingerprint density at radius 1 is 0.952 bits per heavy atom. The number of hydrogen-bond donors (Lipinski definition) is 2. The van der Waals surface area contributed by atoms with Crippen molar-refractivity contribution >= 4 is 29.0 Å². The summed E-state index contributed by atoms with van der Waals surface area (Å²) in [6.07, 6.45) is 7.77. The molecule has 0 spiro atoms. The van der Waals surface area contributed by atoms with Crippen LogP contribution < -0.4 is 5.73 Å². The van der Waals surface area contributed by atoms with Gasteiger partial charge in [0.15, 0.2) is 0 Å². The summed E-state index contributed by atoms with van der Waals surface area (Å²) in [5.74, 6) is 0.131. The van der Waals surface area contributed by atoms with Crippen LogP contribution in [0.25, 0.3) is 10.8 Å². The van der Waals surface area contributed by atoms with E-state index in [2.05, 4.69) is 31.2 Å². The zero-order chi connectivity index (χ0) is 14.4. The fourth-order valence-electron chi connectivity index (χ4n) is 2.55. The predicted molar refractivity (Wildman–Crippen MR) is 94.7 cm³/mol. The minimum absolute atomic E-state index is 0. The van der Waals surface area contributed by atoms with E-state index in [0.717, 1.165) is 17.4 Å². The largest absolute Gasteiger partial charge is 0.384 e. The van der Waals surface area contributed by atoms with E-state index < -0.39 is 0 Å². The second-order valence-corrected chi connectivity index (χ2v) is 5.47. The molecule has 0 unspecified atom stereocenters. The highest BCUT2D eigenvalue weighted by Gasteiger charge is 2.01. The van der Waals surface area contributed by atoms with Gasteiger partial charge in [-0.15, -0.1) is 12.4 Å². The van der Waals surface area contributed by atoms with E-state index in [1.54, 1.807) is 0 Å². The number of nitrogen functional groups attached to an aromatic ring is 1. The number of halogens is 1. The van der Waals surface area contributed by atoms with Crippen LogP contribution in [-0.4, -0.2) is 5.84 Å². The molecular weight excluding hydrogens is 280 g/mol. The SMILES string of the molecule is CCCCCCCc1ccc2cc(C(=N)N)ccc2c1.Cl. The molecule has 0 saturated heterocycles. The molecule has 0 fully saturated rings. The van der Waals surface area contributed by atoms with Crippen LogP contribution >= 0.6 is 12.4 Å². The molecule has 0 aromatic heterocycles. The van der Waals surface area contributed by atoms with E-state index in [0.29, 0.717) is 0 Å². The number of aryl methyl sites for hydroxylation is 1. The number of amidine groups is 1. The van der Waals surface area contributed by atoms with Crippen molar-refractivity contribution in [2.75, 3.05) is 0 Å². The maximum atomic E-state index is 7.48. The molecule has 0 saturated carbocycles. The summed E-state index contributed by atoms with van der Waals surface area (Å²) in [4.78, 5) is 0. The molecule has 114 valence electrons. The van der Waals surface area contributed by atoms with Crippen molar-refractivity contribution in [3.8, 4) is 0 Å². The van der Waals surface area contributed by atoms with Gasteiger partial charge in [0.25, 0.3) is 0 Å². The Morgan fingerprint density at radius 3 is 2.33 bits per heavy atom. The molecule has 3 N–H and O–H groups in total. The number of unbranched alkanes of at least 4 members (excludes halogenated alkanes) is 4. The molecule has 0 bridgehead atoms. The van der Waals surface area contributed by atoms with E-state index in [4.69, 9.17) is 11.1 Å². The van der Waals surface area contributed by atoms with E-state index in [1.807, 2.05) is 12.1 Å². The van der Waals surface area contributed by atoms with Gasteiger partial charge in [0.1, 0.15) is 5.84 Å². The Bertz CT molecular complexity index is 593. The van der Waals surface area contributed by atoms with Gasteiger partial charge >= 0.3 is 0 Å². The van der Waals surface area contributed by atoms with Gasteiger partial charge in [-0.05, 0) is 35.2 Å². The summed E-state index contributed by atoms with van der Waals surface area (Å²) >= 11 is 0. The van der Waals surface area contributed by atoms with Crippen LogP contribution in [-0.2, 0) is 6.42 Å². The van der Waals surface area contributed by atoms with Crippen LogP contribution in [0.15, 0.2) is 36.4 Å². The number of benzene rings is 2. The first-order valence-corrected chi connectivity index (χ1v) is 7.58. The molecule has 0 heterocycles. The maximum absolute atomic E-state index is 7.48.